The van der Waals surface area contributed by atoms with Gasteiger partial charge in [0.1, 0.15) is 0 Å². The largest absolute Gasteiger partial charge is 0.345 e. The average molecular weight is 400 g/mol. The van der Waals surface area contributed by atoms with Crippen molar-refractivity contribution in [3.8, 4) is 0 Å². The molecule has 1 saturated heterocycles. The van der Waals surface area contributed by atoms with Crippen molar-refractivity contribution in [3.63, 3.8) is 0 Å². The maximum absolute atomic E-state index is 12.6. The van der Waals surface area contributed by atoms with Crippen LogP contribution in [0.4, 0.5) is 11.4 Å². The normalized spacial score (nSPS) is 13.6. The van der Waals surface area contributed by atoms with Gasteiger partial charge in [-0.25, -0.2) is 0 Å². The number of nitrogens with zero attached hydrogens (tertiary/aromatic N) is 2. The second kappa shape index (κ2) is 7.82. The van der Waals surface area contributed by atoms with Crippen molar-refractivity contribution in [3.05, 3.63) is 58.6 Å². The third-order valence-electron chi connectivity index (χ3n) is 4.28. The number of hydrogen-bond acceptors (Lipinski definition) is 4. The van der Waals surface area contributed by atoms with Crippen LogP contribution in [0.2, 0.25) is 5.02 Å². The number of imide groups is 1. The van der Waals surface area contributed by atoms with Gasteiger partial charge in [0.25, 0.3) is 11.8 Å². The Bertz CT molecular complexity index is 971. The van der Waals surface area contributed by atoms with Crippen LogP contribution in [0.15, 0.2) is 42.5 Å². The molecule has 144 valence electrons. The molecular weight excluding hydrogens is 382 g/mol. The molecule has 0 radical (unpaired) electrons. The third kappa shape index (κ3) is 3.89. The second-order valence-electron chi connectivity index (χ2n) is 6.52. The van der Waals surface area contributed by atoms with Crippen LogP contribution in [0.25, 0.3) is 0 Å². The molecule has 1 fully saturated rings. The van der Waals surface area contributed by atoms with Crippen molar-refractivity contribution in [1.82, 2.24) is 4.90 Å². The van der Waals surface area contributed by atoms with Crippen molar-refractivity contribution in [2.24, 2.45) is 0 Å². The SMILES string of the molecule is CN(C)C(=O)c1cc(NC(=O)c2cccc(N3C(=O)CCC3=O)c2)ccc1Cl. The smallest absolute Gasteiger partial charge is 0.255 e. The molecule has 0 unspecified atom stereocenters. The van der Waals surface area contributed by atoms with Crippen molar-refractivity contribution in [2.45, 2.75) is 12.8 Å². The fraction of sp³-hybridized carbons (Fsp3) is 0.200. The van der Waals surface area contributed by atoms with E-state index in [4.69, 9.17) is 11.6 Å². The van der Waals surface area contributed by atoms with Crippen LogP contribution in [0.3, 0.4) is 0 Å². The van der Waals surface area contributed by atoms with E-state index in [-0.39, 0.29) is 46.7 Å². The predicted molar refractivity (Wildman–Crippen MR) is 106 cm³/mol. The lowest BCUT2D eigenvalue weighted by Crippen LogP contribution is -2.28. The van der Waals surface area contributed by atoms with E-state index >= 15 is 0 Å². The van der Waals surface area contributed by atoms with Crippen LogP contribution in [0.5, 0.6) is 0 Å². The van der Waals surface area contributed by atoms with Gasteiger partial charge in [-0.3, -0.25) is 24.1 Å². The Morgan fingerprint density at radius 2 is 1.71 bits per heavy atom. The Kier molecular flexibility index (Phi) is 5.46. The van der Waals surface area contributed by atoms with Gasteiger partial charge in [0.05, 0.1) is 16.3 Å². The highest BCUT2D eigenvalue weighted by Gasteiger charge is 2.30. The second-order valence-corrected chi connectivity index (χ2v) is 6.93. The zero-order chi connectivity index (χ0) is 20.4. The molecule has 1 aliphatic rings. The summed E-state index contributed by atoms with van der Waals surface area (Å²) < 4.78 is 0. The Hall–Kier alpha value is -3.19. The van der Waals surface area contributed by atoms with Gasteiger partial charge in [-0.15, -0.1) is 0 Å². The molecule has 8 heteroatoms. The van der Waals surface area contributed by atoms with Crippen LogP contribution in [-0.2, 0) is 9.59 Å². The summed E-state index contributed by atoms with van der Waals surface area (Å²) in [5.41, 5.74) is 1.31. The number of carbonyl (C=O) groups is 4. The van der Waals surface area contributed by atoms with Crippen LogP contribution in [-0.4, -0.2) is 42.6 Å². The van der Waals surface area contributed by atoms with Crippen LogP contribution < -0.4 is 10.2 Å². The molecule has 3 rings (SSSR count). The summed E-state index contributed by atoms with van der Waals surface area (Å²) in [7, 11) is 3.21. The molecule has 28 heavy (non-hydrogen) atoms. The molecule has 0 spiro atoms. The van der Waals surface area contributed by atoms with E-state index in [1.807, 2.05) is 0 Å². The Balaban J connectivity index is 1.83. The number of rotatable bonds is 4. The molecule has 7 nitrogen and oxygen atoms in total. The van der Waals surface area contributed by atoms with Gasteiger partial charge in [-0.1, -0.05) is 17.7 Å². The first-order chi connectivity index (χ1) is 13.3. The molecule has 0 bridgehead atoms. The van der Waals surface area contributed by atoms with Crippen molar-refractivity contribution in [1.29, 1.82) is 0 Å². The van der Waals surface area contributed by atoms with Gasteiger partial charge in [-0.2, -0.15) is 0 Å². The number of hydrogen-bond donors (Lipinski definition) is 1. The molecule has 0 atom stereocenters. The highest BCUT2D eigenvalue weighted by Crippen LogP contribution is 2.25. The number of anilines is 2. The zero-order valence-electron chi connectivity index (χ0n) is 15.4. The molecular formula is C20H18ClN3O4. The molecule has 0 aliphatic carbocycles. The van der Waals surface area contributed by atoms with Crippen molar-refractivity contribution >= 4 is 46.6 Å². The molecule has 1 heterocycles. The molecule has 2 aromatic rings. The van der Waals surface area contributed by atoms with Gasteiger partial charge >= 0.3 is 0 Å². The summed E-state index contributed by atoms with van der Waals surface area (Å²) in [5.74, 6) is -1.29. The minimum Gasteiger partial charge on any atom is -0.345 e. The fourth-order valence-corrected chi connectivity index (χ4v) is 3.06. The van der Waals surface area contributed by atoms with E-state index in [1.165, 1.54) is 23.1 Å². The summed E-state index contributed by atoms with van der Waals surface area (Å²) >= 11 is 6.08. The monoisotopic (exact) mass is 399 g/mol. The number of halogens is 1. The van der Waals surface area contributed by atoms with E-state index in [2.05, 4.69) is 5.32 Å². The predicted octanol–water partition coefficient (Wildman–Crippen LogP) is 2.95. The number of carbonyl (C=O) groups excluding carboxylic acids is 4. The maximum atomic E-state index is 12.6. The van der Waals surface area contributed by atoms with E-state index in [1.54, 1.807) is 38.4 Å². The summed E-state index contributed by atoms with van der Waals surface area (Å²) in [6.45, 7) is 0. The van der Waals surface area contributed by atoms with Gasteiger partial charge in [0, 0.05) is 38.2 Å². The lowest BCUT2D eigenvalue weighted by Gasteiger charge is -2.15. The Morgan fingerprint density at radius 1 is 1.04 bits per heavy atom. The molecule has 0 aromatic heterocycles. The Labute approximate surface area is 166 Å². The number of benzene rings is 2. The quantitative estimate of drug-likeness (QED) is 0.801. The zero-order valence-corrected chi connectivity index (χ0v) is 16.1. The highest BCUT2D eigenvalue weighted by atomic mass is 35.5. The minimum absolute atomic E-state index is 0.169. The first-order valence-electron chi connectivity index (χ1n) is 8.56. The van der Waals surface area contributed by atoms with Gasteiger partial charge in [0.2, 0.25) is 11.8 Å². The molecule has 4 amide bonds. The number of nitrogens with one attached hydrogen (secondary N) is 1. The lowest BCUT2D eigenvalue weighted by molar-refractivity contribution is -0.121. The van der Waals surface area contributed by atoms with Gasteiger partial charge in [-0.05, 0) is 36.4 Å². The molecule has 1 N–H and O–H groups in total. The van der Waals surface area contributed by atoms with Gasteiger partial charge < -0.3 is 10.2 Å². The Morgan fingerprint density at radius 3 is 2.36 bits per heavy atom. The fourth-order valence-electron chi connectivity index (χ4n) is 2.86. The summed E-state index contributed by atoms with van der Waals surface area (Å²) in [6, 6.07) is 10.9. The summed E-state index contributed by atoms with van der Waals surface area (Å²) in [6.07, 6.45) is 0.339. The molecule has 2 aromatic carbocycles. The third-order valence-corrected chi connectivity index (χ3v) is 4.61. The van der Waals surface area contributed by atoms with Crippen LogP contribution >= 0.6 is 11.6 Å². The van der Waals surface area contributed by atoms with Crippen molar-refractivity contribution in [2.75, 3.05) is 24.3 Å². The topological polar surface area (TPSA) is 86.8 Å². The van der Waals surface area contributed by atoms with E-state index < -0.39 is 5.91 Å². The van der Waals surface area contributed by atoms with Crippen LogP contribution in [0, 0.1) is 0 Å². The standard InChI is InChI=1S/C20H18ClN3O4/c1-23(2)20(28)15-11-13(6-7-16(15)21)22-19(27)12-4-3-5-14(10-12)24-17(25)8-9-18(24)26/h3-7,10-11H,8-9H2,1-2H3,(H,22,27). The highest BCUT2D eigenvalue weighted by molar-refractivity contribution is 6.34. The van der Waals surface area contributed by atoms with Crippen LogP contribution in [0.1, 0.15) is 33.6 Å². The van der Waals surface area contributed by atoms with Crippen molar-refractivity contribution < 1.29 is 19.2 Å². The minimum atomic E-state index is -0.438. The van der Waals surface area contributed by atoms with E-state index in [0.29, 0.717) is 11.4 Å². The summed E-state index contributed by atoms with van der Waals surface area (Å²) in [4.78, 5) is 51.1. The first-order valence-corrected chi connectivity index (χ1v) is 8.94. The molecule has 1 aliphatic heterocycles. The van der Waals surface area contributed by atoms with E-state index in [9.17, 15) is 19.2 Å². The van der Waals surface area contributed by atoms with E-state index in [0.717, 1.165) is 4.90 Å². The first kappa shape index (κ1) is 19.6. The average Bonchev–Trinajstić information content (AvgIpc) is 3.01. The number of amides is 4. The van der Waals surface area contributed by atoms with Gasteiger partial charge in [0.15, 0.2) is 0 Å². The lowest BCUT2D eigenvalue weighted by atomic mass is 10.1. The molecule has 0 saturated carbocycles. The summed E-state index contributed by atoms with van der Waals surface area (Å²) in [5, 5.41) is 2.99. The maximum Gasteiger partial charge on any atom is 0.255 e.